The number of halogens is 1. The summed E-state index contributed by atoms with van der Waals surface area (Å²) in [5.41, 5.74) is 12.9. The van der Waals surface area contributed by atoms with E-state index in [1.807, 2.05) is 0 Å². The summed E-state index contributed by atoms with van der Waals surface area (Å²) in [4.78, 5) is 6.53. The summed E-state index contributed by atoms with van der Waals surface area (Å²) in [5, 5.41) is 13.6. The van der Waals surface area contributed by atoms with Crippen molar-refractivity contribution < 1.29 is 4.52 Å². The van der Waals surface area contributed by atoms with Crippen molar-refractivity contribution in [1.82, 2.24) is 10.1 Å². The molecule has 110 valence electrons. The molecule has 2 bridgehead atoms. The summed E-state index contributed by atoms with van der Waals surface area (Å²) >= 11 is 0. The molecule has 3 unspecified atom stereocenters. The monoisotopic (exact) mass is 306 g/mol. The van der Waals surface area contributed by atoms with Crippen LogP contribution in [0.3, 0.4) is 0 Å². The normalized spacial score (nSPS) is 26.9. The Morgan fingerprint density at radius 3 is 2.86 bits per heavy atom. The van der Waals surface area contributed by atoms with Gasteiger partial charge in [0, 0.05) is 18.6 Å². The second-order valence-electron chi connectivity index (χ2n) is 5.52. The first-order valence-electron chi connectivity index (χ1n) is 6.67. The molecule has 21 heavy (non-hydrogen) atoms. The van der Waals surface area contributed by atoms with Crippen molar-refractivity contribution in [2.24, 2.45) is 11.7 Å². The van der Waals surface area contributed by atoms with E-state index in [4.69, 9.17) is 21.3 Å². The highest BCUT2D eigenvalue weighted by Gasteiger charge is 2.46. The third-order valence-electron chi connectivity index (χ3n) is 4.51. The van der Waals surface area contributed by atoms with Crippen LogP contribution >= 0.6 is 12.4 Å². The molecule has 0 radical (unpaired) electrons. The van der Waals surface area contributed by atoms with Gasteiger partial charge in [-0.15, -0.1) is 12.4 Å². The molecule has 1 aliphatic heterocycles. The van der Waals surface area contributed by atoms with Crippen LogP contribution in [0.1, 0.15) is 18.5 Å². The minimum Gasteiger partial charge on any atom is -0.380 e. The highest BCUT2D eigenvalue weighted by atomic mass is 35.5. The lowest BCUT2D eigenvalue weighted by atomic mass is 10.1. The van der Waals surface area contributed by atoms with Gasteiger partial charge in [0.25, 0.3) is 0 Å². The predicted octanol–water partition coefficient (Wildman–Crippen LogP) is 1.02. The van der Waals surface area contributed by atoms with Gasteiger partial charge in [-0.2, -0.15) is 5.26 Å². The average molecular weight is 307 g/mol. The molecule has 1 saturated heterocycles. The Balaban J connectivity index is 0.00000132. The number of nitrogens with two attached hydrogens (primary N) is 2. The molecule has 0 amide bonds. The quantitative estimate of drug-likeness (QED) is 0.807. The van der Waals surface area contributed by atoms with Crippen LogP contribution < -0.4 is 16.4 Å². The average Bonchev–Trinajstić information content (AvgIpc) is 3.12. The summed E-state index contributed by atoms with van der Waals surface area (Å²) in [6.07, 6.45) is 2.21. The molecule has 3 heterocycles. The Labute approximate surface area is 127 Å². The molecule has 8 heteroatoms. The number of hydrogen-bond donors (Lipinski definition) is 2. The van der Waals surface area contributed by atoms with E-state index in [-0.39, 0.29) is 30.3 Å². The third kappa shape index (κ3) is 1.83. The Kier molecular flexibility index (Phi) is 3.15. The maximum absolute atomic E-state index is 9.13. The number of nitrogen functional groups attached to an aromatic ring is 1. The first kappa shape index (κ1) is 13.9. The zero-order valence-electron chi connectivity index (χ0n) is 11.2. The van der Waals surface area contributed by atoms with Crippen LogP contribution in [0.4, 0.5) is 11.6 Å². The van der Waals surface area contributed by atoms with Gasteiger partial charge in [-0.25, -0.2) is 4.98 Å². The second kappa shape index (κ2) is 4.76. The molecule has 2 fully saturated rings. The highest BCUT2D eigenvalue weighted by molar-refractivity contribution is 5.95. The van der Waals surface area contributed by atoms with Gasteiger partial charge in [0.1, 0.15) is 11.8 Å². The molecule has 2 aromatic heterocycles. The van der Waals surface area contributed by atoms with Crippen molar-refractivity contribution in [3.8, 4) is 6.07 Å². The molecule has 4 N–H and O–H groups in total. The highest BCUT2D eigenvalue weighted by Crippen LogP contribution is 2.41. The summed E-state index contributed by atoms with van der Waals surface area (Å²) in [7, 11) is 0. The van der Waals surface area contributed by atoms with E-state index in [9.17, 15) is 0 Å². The van der Waals surface area contributed by atoms with E-state index in [0.29, 0.717) is 28.4 Å². The van der Waals surface area contributed by atoms with Gasteiger partial charge in [-0.1, -0.05) is 5.16 Å². The van der Waals surface area contributed by atoms with Crippen molar-refractivity contribution in [2.75, 3.05) is 17.2 Å². The Bertz CT molecular complexity index is 738. The van der Waals surface area contributed by atoms with Gasteiger partial charge in [0.05, 0.1) is 5.39 Å². The maximum Gasteiger partial charge on any atom is 0.211 e. The van der Waals surface area contributed by atoms with E-state index in [0.717, 1.165) is 19.4 Å². The lowest BCUT2D eigenvalue weighted by Gasteiger charge is -2.27. The molecule has 4 rings (SSSR count). The molecule has 0 spiro atoms. The number of anilines is 2. The van der Waals surface area contributed by atoms with Crippen molar-refractivity contribution in [3.05, 3.63) is 11.8 Å². The van der Waals surface area contributed by atoms with Crippen LogP contribution in [-0.2, 0) is 0 Å². The summed E-state index contributed by atoms with van der Waals surface area (Å²) in [6.45, 7) is 0.851. The molecular weight excluding hydrogens is 292 g/mol. The molecule has 7 nitrogen and oxygen atoms in total. The number of rotatable bonds is 1. The summed E-state index contributed by atoms with van der Waals surface area (Å²) in [5.74, 6) is 1.42. The van der Waals surface area contributed by atoms with Crippen LogP contribution in [0, 0.1) is 17.2 Å². The predicted molar refractivity (Wildman–Crippen MR) is 80.0 cm³/mol. The zero-order valence-corrected chi connectivity index (χ0v) is 12.0. The van der Waals surface area contributed by atoms with Crippen LogP contribution in [0.2, 0.25) is 0 Å². The van der Waals surface area contributed by atoms with Gasteiger partial charge in [-0.05, 0) is 24.8 Å². The minimum absolute atomic E-state index is 0. The van der Waals surface area contributed by atoms with E-state index < -0.39 is 0 Å². The van der Waals surface area contributed by atoms with Gasteiger partial charge < -0.3 is 20.9 Å². The van der Waals surface area contributed by atoms with Gasteiger partial charge in [-0.3, -0.25) is 0 Å². The Hall–Kier alpha value is -2.04. The number of fused-ring (bicyclic) bond motifs is 3. The van der Waals surface area contributed by atoms with Crippen molar-refractivity contribution in [3.63, 3.8) is 0 Å². The summed E-state index contributed by atoms with van der Waals surface area (Å²) < 4.78 is 5.31. The first-order chi connectivity index (χ1) is 9.69. The molecular formula is C13H15ClN6O. The lowest BCUT2D eigenvalue weighted by Crippen LogP contribution is -2.38. The fraction of sp³-hybridized carbons (Fsp3) is 0.462. The van der Waals surface area contributed by atoms with Crippen molar-refractivity contribution in [2.45, 2.75) is 24.9 Å². The first-order valence-corrected chi connectivity index (χ1v) is 6.67. The van der Waals surface area contributed by atoms with Crippen LogP contribution in [0.25, 0.3) is 11.0 Å². The summed E-state index contributed by atoms with van der Waals surface area (Å²) in [6, 6.07) is 4.10. The number of nitriles is 1. The van der Waals surface area contributed by atoms with E-state index in [1.54, 1.807) is 6.07 Å². The lowest BCUT2D eigenvalue weighted by molar-refractivity contribution is 0.457. The van der Waals surface area contributed by atoms with Gasteiger partial charge >= 0.3 is 0 Å². The van der Waals surface area contributed by atoms with E-state index in [1.165, 1.54) is 0 Å². The molecule has 1 saturated carbocycles. The number of nitrogens with zero attached hydrogens (tertiary/aromatic N) is 4. The molecule has 1 aliphatic carbocycles. The minimum atomic E-state index is 0. The van der Waals surface area contributed by atoms with Crippen LogP contribution in [0.5, 0.6) is 0 Å². The molecule has 2 aliphatic rings. The fourth-order valence-corrected chi connectivity index (χ4v) is 3.49. The van der Waals surface area contributed by atoms with Gasteiger partial charge in [0.15, 0.2) is 11.6 Å². The van der Waals surface area contributed by atoms with Crippen LogP contribution in [-0.4, -0.2) is 28.8 Å². The van der Waals surface area contributed by atoms with Crippen LogP contribution in [0.15, 0.2) is 10.6 Å². The maximum atomic E-state index is 9.13. The Morgan fingerprint density at radius 2 is 2.24 bits per heavy atom. The van der Waals surface area contributed by atoms with Crippen molar-refractivity contribution >= 4 is 35.0 Å². The third-order valence-corrected chi connectivity index (χ3v) is 4.51. The fourth-order valence-electron chi connectivity index (χ4n) is 3.49. The largest absolute Gasteiger partial charge is 0.380 e. The standard InChI is InChI=1S/C13H14N6O.ClH/c14-4-7-3-8-11(20-18-12(8)16)13(17-7)19-5-6-1-2-9(19)10(6)15;/h3,6,9-10H,1-2,5,15H2,(H2,16,18);1H. The molecule has 0 aromatic carbocycles. The number of pyridine rings is 1. The topological polar surface area (TPSA) is 118 Å². The van der Waals surface area contributed by atoms with E-state index >= 15 is 0 Å². The molecule has 3 atom stereocenters. The van der Waals surface area contributed by atoms with Gasteiger partial charge in [0.2, 0.25) is 5.58 Å². The second-order valence-corrected chi connectivity index (χ2v) is 5.52. The SMILES string of the molecule is Cl.N#Cc1cc2c(N)noc2c(N2CC3CCC2C3N)n1. The molecule has 2 aromatic rings. The van der Waals surface area contributed by atoms with E-state index in [2.05, 4.69) is 21.1 Å². The number of aromatic nitrogens is 2. The zero-order chi connectivity index (χ0) is 13.9. The number of hydrogen-bond acceptors (Lipinski definition) is 7. The number of piperidine rings is 1. The smallest absolute Gasteiger partial charge is 0.211 e. The Morgan fingerprint density at radius 1 is 1.43 bits per heavy atom. The van der Waals surface area contributed by atoms with Crippen molar-refractivity contribution in [1.29, 1.82) is 5.26 Å².